The van der Waals surface area contributed by atoms with Crippen molar-refractivity contribution in [1.29, 1.82) is 0 Å². The Kier molecular flexibility index (Phi) is 5.07. The van der Waals surface area contributed by atoms with Gasteiger partial charge in [-0.2, -0.15) is 0 Å². The van der Waals surface area contributed by atoms with Crippen molar-refractivity contribution in [3.8, 4) is 0 Å². The van der Waals surface area contributed by atoms with Crippen LogP contribution in [0.2, 0.25) is 5.02 Å². The summed E-state index contributed by atoms with van der Waals surface area (Å²) in [6.45, 7) is 4.41. The zero-order valence-electron chi connectivity index (χ0n) is 16.2. The third-order valence-corrected chi connectivity index (χ3v) is 5.57. The molecule has 146 valence electrons. The largest absolute Gasteiger partial charge is 0.344 e. The summed E-state index contributed by atoms with van der Waals surface area (Å²) < 4.78 is 3.43. The van der Waals surface area contributed by atoms with Crippen molar-refractivity contribution in [3.63, 3.8) is 0 Å². The smallest absolute Gasteiger partial charge is 0.261 e. The predicted octanol–water partition coefficient (Wildman–Crippen LogP) is 4.40. The zero-order chi connectivity index (χ0) is 20.5. The fourth-order valence-electron chi connectivity index (χ4n) is 3.58. The summed E-state index contributed by atoms with van der Waals surface area (Å²) in [4.78, 5) is 30.0. The molecular weight excluding hydrogens is 386 g/mol. The van der Waals surface area contributed by atoms with Crippen LogP contribution in [0, 0.1) is 13.8 Å². The van der Waals surface area contributed by atoms with Gasteiger partial charge >= 0.3 is 0 Å². The van der Waals surface area contributed by atoms with Crippen molar-refractivity contribution in [3.05, 3.63) is 98.8 Å². The molecule has 0 amide bonds. The monoisotopic (exact) mass is 405 g/mol. The Hall–Kier alpha value is -3.18. The Labute approximate surface area is 173 Å². The van der Waals surface area contributed by atoms with Crippen LogP contribution in [0.3, 0.4) is 0 Å². The van der Waals surface area contributed by atoms with Gasteiger partial charge in [0.05, 0.1) is 23.8 Å². The van der Waals surface area contributed by atoms with E-state index < -0.39 is 0 Å². The van der Waals surface area contributed by atoms with Crippen molar-refractivity contribution < 1.29 is 4.79 Å². The highest BCUT2D eigenvalue weighted by Crippen LogP contribution is 2.22. The van der Waals surface area contributed by atoms with Crippen LogP contribution in [0.1, 0.15) is 27.3 Å². The third kappa shape index (κ3) is 3.61. The number of benzene rings is 2. The van der Waals surface area contributed by atoms with Gasteiger partial charge in [-0.1, -0.05) is 41.9 Å². The number of nitrogens with zero attached hydrogens (tertiary/aromatic N) is 3. The summed E-state index contributed by atoms with van der Waals surface area (Å²) in [5.41, 5.74) is 3.83. The lowest BCUT2D eigenvalue weighted by molar-refractivity contribution is 0.0970. The molecule has 0 unspecified atom stereocenters. The minimum atomic E-state index is -0.214. The van der Waals surface area contributed by atoms with Gasteiger partial charge in [-0.05, 0) is 43.7 Å². The fourth-order valence-corrected chi connectivity index (χ4v) is 3.78. The number of carbonyl (C=O) groups excluding carboxylic acids is 1. The van der Waals surface area contributed by atoms with Gasteiger partial charge in [-0.25, -0.2) is 4.98 Å². The number of carbonyl (C=O) groups is 1. The van der Waals surface area contributed by atoms with Crippen LogP contribution in [0.4, 0.5) is 0 Å². The zero-order valence-corrected chi connectivity index (χ0v) is 17.0. The second-order valence-corrected chi connectivity index (χ2v) is 7.49. The molecular formula is C23H20ClN3O2. The van der Waals surface area contributed by atoms with Crippen molar-refractivity contribution in [2.45, 2.75) is 26.9 Å². The summed E-state index contributed by atoms with van der Waals surface area (Å²) in [5, 5.41) is 1.20. The van der Waals surface area contributed by atoms with E-state index >= 15 is 0 Å². The molecule has 0 fully saturated rings. The van der Waals surface area contributed by atoms with E-state index in [1.165, 1.54) is 10.9 Å². The number of fused-ring (bicyclic) bond motifs is 1. The fraction of sp³-hybridized carbons (Fsp3) is 0.174. The summed E-state index contributed by atoms with van der Waals surface area (Å²) in [7, 11) is 0. The molecule has 4 rings (SSSR count). The molecule has 2 aromatic heterocycles. The number of rotatable bonds is 5. The van der Waals surface area contributed by atoms with Gasteiger partial charge < -0.3 is 4.57 Å². The highest BCUT2D eigenvalue weighted by Gasteiger charge is 2.18. The van der Waals surface area contributed by atoms with Crippen LogP contribution >= 0.6 is 11.6 Å². The molecule has 0 spiro atoms. The molecule has 0 saturated carbocycles. The van der Waals surface area contributed by atoms with Gasteiger partial charge in [0.2, 0.25) is 0 Å². The van der Waals surface area contributed by atoms with Crippen LogP contribution < -0.4 is 5.56 Å². The van der Waals surface area contributed by atoms with Crippen molar-refractivity contribution >= 4 is 28.3 Å². The molecule has 4 aromatic rings. The quantitative estimate of drug-likeness (QED) is 0.462. The Balaban J connectivity index is 1.64. The van der Waals surface area contributed by atoms with E-state index in [9.17, 15) is 9.59 Å². The number of ketones is 1. The first-order valence-corrected chi connectivity index (χ1v) is 9.71. The molecule has 0 saturated heterocycles. The van der Waals surface area contributed by atoms with Crippen molar-refractivity contribution in [2.75, 3.05) is 0 Å². The van der Waals surface area contributed by atoms with Crippen LogP contribution in [0.15, 0.2) is 65.7 Å². The third-order valence-electron chi connectivity index (χ3n) is 5.21. The SMILES string of the molecule is Cc1cc(C(=O)Cn2cnc3ccccc3c2=O)c(C)n1Cc1ccccc1Cl. The van der Waals surface area contributed by atoms with E-state index in [1.807, 2.05) is 50.2 Å². The van der Waals surface area contributed by atoms with Crippen LogP contribution in [-0.4, -0.2) is 19.9 Å². The number of hydrogen-bond acceptors (Lipinski definition) is 3. The maximum absolute atomic E-state index is 13.0. The van der Waals surface area contributed by atoms with Crippen LogP contribution in [0.25, 0.3) is 10.9 Å². The minimum Gasteiger partial charge on any atom is -0.344 e. The number of hydrogen-bond donors (Lipinski definition) is 0. The van der Waals surface area contributed by atoms with E-state index in [4.69, 9.17) is 11.6 Å². The van der Waals surface area contributed by atoms with Crippen molar-refractivity contribution in [1.82, 2.24) is 14.1 Å². The van der Waals surface area contributed by atoms with Gasteiger partial charge in [0.25, 0.3) is 5.56 Å². The van der Waals surface area contributed by atoms with Gasteiger partial charge in [0.15, 0.2) is 5.78 Å². The summed E-state index contributed by atoms with van der Waals surface area (Å²) in [6.07, 6.45) is 1.44. The van der Waals surface area contributed by atoms with Crippen LogP contribution in [0.5, 0.6) is 0 Å². The molecule has 0 bridgehead atoms. The van der Waals surface area contributed by atoms with Gasteiger partial charge in [0, 0.05) is 28.5 Å². The van der Waals surface area contributed by atoms with Gasteiger partial charge in [0.1, 0.15) is 0 Å². The number of halogens is 1. The number of Topliss-reactive ketones (excluding diaryl/α,β-unsaturated/α-hetero) is 1. The first-order valence-electron chi connectivity index (χ1n) is 9.33. The lowest BCUT2D eigenvalue weighted by Gasteiger charge is -2.11. The second-order valence-electron chi connectivity index (χ2n) is 7.08. The van der Waals surface area contributed by atoms with E-state index in [2.05, 4.69) is 9.55 Å². The normalized spacial score (nSPS) is 11.1. The minimum absolute atomic E-state index is 0.0486. The average Bonchev–Trinajstić information content (AvgIpc) is 3.00. The Bertz CT molecular complexity index is 1290. The molecule has 2 aromatic carbocycles. The van der Waals surface area contributed by atoms with E-state index in [0.717, 1.165) is 17.0 Å². The van der Waals surface area contributed by atoms with Gasteiger partial charge in [-0.3, -0.25) is 14.2 Å². The topological polar surface area (TPSA) is 56.9 Å². The molecule has 0 aliphatic rings. The predicted molar refractivity (Wildman–Crippen MR) is 115 cm³/mol. The highest BCUT2D eigenvalue weighted by atomic mass is 35.5. The standard InChI is InChI=1S/C23H20ClN3O2/c1-15-11-19(16(2)27(15)12-17-7-3-5-9-20(17)24)22(28)13-26-14-25-21-10-6-4-8-18(21)23(26)29/h3-11,14H,12-13H2,1-2H3. The Morgan fingerprint density at radius 3 is 2.59 bits per heavy atom. The van der Waals surface area contributed by atoms with E-state index in [1.54, 1.807) is 18.2 Å². The van der Waals surface area contributed by atoms with Crippen molar-refractivity contribution in [2.24, 2.45) is 0 Å². The second kappa shape index (κ2) is 7.68. The number of aromatic nitrogens is 3. The molecule has 29 heavy (non-hydrogen) atoms. The molecule has 0 N–H and O–H groups in total. The summed E-state index contributed by atoms with van der Waals surface area (Å²) >= 11 is 6.30. The molecule has 6 heteroatoms. The number of para-hydroxylation sites is 1. The molecule has 5 nitrogen and oxygen atoms in total. The number of aryl methyl sites for hydroxylation is 1. The molecule has 0 aliphatic carbocycles. The highest BCUT2D eigenvalue weighted by molar-refractivity contribution is 6.31. The lowest BCUT2D eigenvalue weighted by Crippen LogP contribution is -2.25. The molecule has 2 heterocycles. The van der Waals surface area contributed by atoms with Gasteiger partial charge in [-0.15, -0.1) is 0 Å². The molecule has 0 atom stereocenters. The van der Waals surface area contributed by atoms with E-state index in [0.29, 0.717) is 28.0 Å². The molecule has 0 radical (unpaired) electrons. The molecule has 0 aliphatic heterocycles. The summed E-state index contributed by atoms with van der Waals surface area (Å²) in [5.74, 6) is -0.123. The first kappa shape index (κ1) is 19.2. The Morgan fingerprint density at radius 2 is 1.79 bits per heavy atom. The Morgan fingerprint density at radius 1 is 1.07 bits per heavy atom. The average molecular weight is 406 g/mol. The van der Waals surface area contributed by atoms with E-state index in [-0.39, 0.29) is 17.9 Å². The maximum atomic E-state index is 13.0. The van der Waals surface area contributed by atoms with Crippen LogP contribution in [-0.2, 0) is 13.1 Å². The lowest BCUT2D eigenvalue weighted by atomic mass is 10.1. The first-order chi connectivity index (χ1) is 14.0. The maximum Gasteiger partial charge on any atom is 0.261 e. The summed E-state index contributed by atoms with van der Waals surface area (Å²) in [6, 6.07) is 16.7.